The summed E-state index contributed by atoms with van der Waals surface area (Å²) in [4.78, 5) is 2.26. The second kappa shape index (κ2) is 3.81. The van der Waals surface area contributed by atoms with Gasteiger partial charge in [-0.25, -0.2) is 0 Å². The Hall–Kier alpha value is -0.0900. The fourth-order valence-electron chi connectivity index (χ4n) is 1.86. The Morgan fingerprint density at radius 2 is 2.50 bits per heavy atom. The molecule has 1 aromatic rings. The van der Waals surface area contributed by atoms with Crippen LogP contribution >= 0.6 is 22.9 Å². The van der Waals surface area contributed by atoms with E-state index in [-0.39, 0.29) is 0 Å². The zero-order valence-corrected chi connectivity index (χ0v) is 9.74. The summed E-state index contributed by atoms with van der Waals surface area (Å²) < 4.78 is 0.839. The monoisotopic (exact) mass is 231 g/mol. The number of hydrogen-bond donors (Lipinski definition) is 1. The lowest BCUT2D eigenvalue weighted by molar-refractivity contribution is 0.0679. The number of thiophene rings is 1. The molecule has 14 heavy (non-hydrogen) atoms. The Morgan fingerprint density at radius 3 is 3.00 bits per heavy atom. The third-order valence-electron chi connectivity index (χ3n) is 2.56. The van der Waals surface area contributed by atoms with Gasteiger partial charge in [0.15, 0.2) is 0 Å². The van der Waals surface area contributed by atoms with Crippen molar-refractivity contribution in [1.29, 1.82) is 0 Å². The van der Waals surface area contributed by atoms with Gasteiger partial charge in [-0.15, -0.1) is 11.3 Å². The number of likely N-dealkylation sites (tertiary alicyclic amines) is 1. The van der Waals surface area contributed by atoms with Crippen LogP contribution in [-0.4, -0.2) is 28.7 Å². The van der Waals surface area contributed by atoms with Gasteiger partial charge < -0.3 is 5.11 Å². The van der Waals surface area contributed by atoms with E-state index in [1.165, 1.54) is 5.56 Å². The maximum atomic E-state index is 9.78. The first kappa shape index (κ1) is 10.4. The van der Waals surface area contributed by atoms with Crippen molar-refractivity contribution >= 4 is 22.9 Å². The summed E-state index contributed by atoms with van der Waals surface area (Å²) in [6.07, 6.45) is 0.866. The van der Waals surface area contributed by atoms with E-state index in [4.69, 9.17) is 11.6 Å². The number of β-amino-alcohol motifs (C(OH)–C–C–N with tert-alkyl or cyclic N) is 1. The molecule has 0 saturated carbocycles. The van der Waals surface area contributed by atoms with E-state index in [0.29, 0.717) is 0 Å². The molecule has 1 fully saturated rings. The molecular formula is C10H14ClNOS. The zero-order chi connectivity index (χ0) is 10.2. The molecule has 1 aliphatic heterocycles. The Labute approximate surface area is 93.1 Å². The van der Waals surface area contributed by atoms with Crippen LogP contribution in [0.1, 0.15) is 18.9 Å². The maximum absolute atomic E-state index is 9.78. The summed E-state index contributed by atoms with van der Waals surface area (Å²) in [6, 6.07) is 2.00. The van der Waals surface area contributed by atoms with Gasteiger partial charge in [0.2, 0.25) is 0 Å². The number of aliphatic hydroxyl groups is 1. The minimum atomic E-state index is -0.500. The van der Waals surface area contributed by atoms with Gasteiger partial charge in [-0.3, -0.25) is 4.90 Å². The SMILES string of the molecule is CC1(O)CCN(Cc2csc(Cl)c2)C1. The van der Waals surface area contributed by atoms with Crippen LogP contribution in [0.2, 0.25) is 4.34 Å². The summed E-state index contributed by atoms with van der Waals surface area (Å²) in [7, 11) is 0. The minimum absolute atomic E-state index is 0.500. The highest BCUT2D eigenvalue weighted by atomic mass is 35.5. The van der Waals surface area contributed by atoms with Crippen LogP contribution in [-0.2, 0) is 6.54 Å². The van der Waals surface area contributed by atoms with Crippen molar-refractivity contribution in [3.8, 4) is 0 Å². The largest absolute Gasteiger partial charge is 0.389 e. The standard InChI is InChI=1S/C10H14ClNOS/c1-10(13)2-3-12(7-10)5-8-4-9(11)14-6-8/h4,6,13H,2-3,5,7H2,1H3. The maximum Gasteiger partial charge on any atom is 0.0931 e. The topological polar surface area (TPSA) is 23.5 Å². The van der Waals surface area contributed by atoms with Gasteiger partial charge in [-0.1, -0.05) is 11.6 Å². The van der Waals surface area contributed by atoms with Crippen LogP contribution in [0.5, 0.6) is 0 Å². The molecule has 0 aromatic carbocycles. The molecule has 2 rings (SSSR count). The van der Waals surface area contributed by atoms with Crippen LogP contribution in [0.25, 0.3) is 0 Å². The third-order valence-corrected chi connectivity index (χ3v) is 3.70. The molecule has 1 aromatic heterocycles. The lowest BCUT2D eigenvalue weighted by Crippen LogP contribution is -2.29. The van der Waals surface area contributed by atoms with Gasteiger partial charge in [0, 0.05) is 19.6 Å². The highest BCUT2D eigenvalue weighted by Crippen LogP contribution is 2.25. The van der Waals surface area contributed by atoms with Gasteiger partial charge in [0.25, 0.3) is 0 Å². The highest BCUT2D eigenvalue weighted by Gasteiger charge is 2.30. The first-order valence-electron chi connectivity index (χ1n) is 4.73. The van der Waals surface area contributed by atoms with Gasteiger partial charge in [-0.05, 0) is 30.4 Å². The first-order valence-corrected chi connectivity index (χ1v) is 5.99. The van der Waals surface area contributed by atoms with Gasteiger partial charge in [-0.2, -0.15) is 0 Å². The number of rotatable bonds is 2. The smallest absolute Gasteiger partial charge is 0.0931 e. The van der Waals surface area contributed by atoms with Crippen molar-refractivity contribution in [3.63, 3.8) is 0 Å². The van der Waals surface area contributed by atoms with Crippen molar-refractivity contribution < 1.29 is 5.11 Å². The molecule has 1 N–H and O–H groups in total. The highest BCUT2D eigenvalue weighted by molar-refractivity contribution is 7.14. The van der Waals surface area contributed by atoms with Crippen molar-refractivity contribution in [2.45, 2.75) is 25.5 Å². The molecule has 0 radical (unpaired) electrons. The van der Waals surface area contributed by atoms with Crippen molar-refractivity contribution in [2.24, 2.45) is 0 Å². The first-order chi connectivity index (χ1) is 6.55. The summed E-state index contributed by atoms with van der Waals surface area (Å²) >= 11 is 7.42. The average Bonchev–Trinajstić information content (AvgIpc) is 2.59. The fourth-order valence-corrected chi connectivity index (χ4v) is 2.76. The summed E-state index contributed by atoms with van der Waals surface area (Å²) in [6.45, 7) is 4.54. The number of hydrogen-bond acceptors (Lipinski definition) is 3. The third kappa shape index (κ3) is 2.48. The van der Waals surface area contributed by atoms with E-state index in [0.717, 1.165) is 30.4 Å². The second-order valence-electron chi connectivity index (χ2n) is 4.22. The molecule has 4 heteroatoms. The Kier molecular flexibility index (Phi) is 2.84. The normalized spacial score (nSPS) is 28.5. The molecular weight excluding hydrogens is 218 g/mol. The van der Waals surface area contributed by atoms with Crippen LogP contribution in [0.4, 0.5) is 0 Å². The summed E-state index contributed by atoms with van der Waals surface area (Å²) in [5.41, 5.74) is 0.748. The van der Waals surface area contributed by atoms with E-state index >= 15 is 0 Å². The molecule has 1 atom stereocenters. The van der Waals surface area contributed by atoms with Crippen LogP contribution in [0.15, 0.2) is 11.4 Å². The lowest BCUT2D eigenvalue weighted by atomic mass is 10.1. The minimum Gasteiger partial charge on any atom is -0.389 e. The quantitative estimate of drug-likeness (QED) is 0.845. The van der Waals surface area contributed by atoms with E-state index in [9.17, 15) is 5.11 Å². The number of nitrogens with zero attached hydrogens (tertiary/aromatic N) is 1. The number of halogens is 1. The molecule has 78 valence electrons. The lowest BCUT2D eigenvalue weighted by Gasteiger charge is -2.17. The second-order valence-corrected chi connectivity index (χ2v) is 5.76. The zero-order valence-electron chi connectivity index (χ0n) is 8.16. The molecule has 1 aliphatic rings. The van der Waals surface area contributed by atoms with Crippen molar-refractivity contribution in [1.82, 2.24) is 4.90 Å². The van der Waals surface area contributed by atoms with Crippen molar-refractivity contribution in [3.05, 3.63) is 21.3 Å². The molecule has 0 bridgehead atoms. The van der Waals surface area contributed by atoms with E-state index in [1.807, 2.05) is 13.0 Å². The Balaban J connectivity index is 1.94. The molecule has 2 nitrogen and oxygen atoms in total. The Bertz CT molecular complexity index is 324. The fraction of sp³-hybridized carbons (Fsp3) is 0.600. The van der Waals surface area contributed by atoms with Gasteiger partial charge in [0.05, 0.1) is 9.94 Å². The molecule has 1 unspecified atom stereocenters. The molecule has 2 heterocycles. The molecule has 1 saturated heterocycles. The van der Waals surface area contributed by atoms with Crippen LogP contribution in [0, 0.1) is 0 Å². The molecule has 0 aliphatic carbocycles. The van der Waals surface area contributed by atoms with Gasteiger partial charge >= 0.3 is 0 Å². The van der Waals surface area contributed by atoms with Crippen LogP contribution < -0.4 is 0 Å². The van der Waals surface area contributed by atoms with Crippen LogP contribution in [0.3, 0.4) is 0 Å². The summed E-state index contributed by atoms with van der Waals surface area (Å²) in [5.74, 6) is 0. The molecule has 0 spiro atoms. The van der Waals surface area contributed by atoms with Gasteiger partial charge in [0.1, 0.15) is 0 Å². The predicted octanol–water partition coefficient (Wildman–Crippen LogP) is 2.36. The van der Waals surface area contributed by atoms with E-state index < -0.39 is 5.60 Å². The Morgan fingerprint density at radius 1 is 1.71 bits per heavy atom. The van der Waals surface area contributed by atoms with Crippen molar-refractivity contribution in [2.75, 3.05) is 13.1 Å². The van der Waals surface area contributed by atoms with E-state index in [1.54, 1.807) is 11.3 Å². The molecule has 0 amide bonds. The van der Waals surface area contributed by atoms with E-state index in [2.05, 4.69) is 10.3 Å². The predicted molar refractivity (Wildman–Crippen MR) is 59.8 cm³/mol. The summed E-state index contributed by atoms with van der Waals surface area (Å²) in [5, 5.41) is 11.9. The average molecular weight is 232 g/mol.